The van der Waals surface area contributed by atoms with Crippen LogP contribution >= 0.6 is 15.9 Å². The van der Waals surface area contributed by atoms with Crippen LogP contribution in [0.4, 0.5) is 5.69 Å². The van der Waals surface area contributed by atoms with E-state index in [1.165, 1.54) is 0 Å². The van der Waals surface area contributed by atoms with Crippen molar-refractivity contribution in [3.63, 3.8) is 0 Å². The van der Waals surface area contributed by atoms with E-state index < -0.39 is 0 Å². The predicted molar refractivity (Wildman–Crippen MR) is 94.4 cm³/mol. The molecule has 118 valence electrons. The van der Waals surface area contributed by atoms with Crippen molar-refractivity contribution in [3.05, 3.63) is 34.9 Å². The Labute approximate surface area is 140 Å². The molecule has 0 saturated carbocycles. The minimum Gasteiger partial charge on any atom is -0.383 e. The number of aromatic nitrogens is 1. The lowest BCUT2D eigenvalue weighted by molar-refractivity contribution is -0.000615. The van der Waals surface area contributed by atoms with Gasteiger partial charge in [-0.3, -0.25) is 4.98 Å². The first-order chi connectivity index (χ1) is 10.6. The van der Waals surface area contributed by atoms with E-state index in [1.807, 2.05) is 12.3 Å². The van der Waals surface area contributed by atoms with Crippen molar-refractivity contribution in [1.29, 1.82) is 0 Å². The zero-order valence-corrected chi connectivity index (χ0v) is 14.7. The van der Waals surface area contributed by atoms with Gasteiger partial charge in [-0.1, -0.05) is 12.1 Å². The van der Waals surface area contributed by atoms with Gasteiger partial charge in [-0.05, 0) is 55.0 Å². The van der Waals surface area contributed by atoms with Gasteiger partial charge in [-0.2, -0.15) is 0 Å². The minimum atomic E-state index is 0.153. The molecule has 1 fully saturated rings. The largest absolute Gasteiger partial charge is 0.383 e. The molecule has 0 spiro atoms. The Kier molecular flexibility index (Phi) is 4.66. The second-order valence-electron chi connectivity index (χ2n) is 6.08. The second-order valence-corrected chi connectivity index (χ2v) is 6.93. The zero-order chi connectivity index (χ0) is 15.6. The van der Waals surface area contributed by atoms with E-state index >= 15 is 0 Å². The first kappa shape index (κ1) is 15.7. The molecule has 1 aliphatic rings. The molecule has 0 bridgehead atoms. The third-order valence-electron chi connectivity index (χ3n) is 4.70. The number of halogens is 1. The smallest absolute Gasteiger partial charge is 0.0864 e. The maximum absolute atomic E-state index is 5.54. The molecule has 1 saturated heterocycles. The van der Waals surface area contributed by atoms with Crippen molar-refractivity contribution < 1.29 is 4.74 Å². The molecule has 0 amide bonds. The van der Waals surface area contributed by atoms with E-state index in [9.17, 15) is 0 Å². The van der Waals surface area contributed by atoms with Crippen LogP contribution in [0.2, 0.25) is 0 Å². The van der Waals surface area contributed by atoms with E-state index in [2.05, 4.69) is 63.4 Å². The number of para-hydroxylation sites is 1. The normalized spacial score (nSPS) is 17.8. The van der Waals surface area contributed by atoms with Crippen molar-refractivity contribution in [2.45, 2.75) is 18.4 Å². The highest BCUT2D eigenvalue weighted by Gasteiger charge is 2.34. The highest BCUT2D eigenvalue weighted by atomic mass is 79.9. The quantitative estimate of drug-likeness (QED) is 0.901. The topological polar surface area (TPSA) is 37.4 Å². The van der Waals surface area contributed by atoms with Crippen LogP contribution < -0.4 is 5.32 Å². The summed E-state index contributed by atoms with van der Waals surface area (Å²) in [6, 6.07) is 8.24. The molecule has 1 aromatic carbocycles. The van der Waals surface area contributed by atoms with Gasteiger partial charge in [0.2, 0.25) is 0 Å². The van der Waals surface area contributed by atoms with Gasteiger partial charge in [-0.25, -0.2) is 0 Å². The molecule has 0 atom stereocenters. The van der Waals surface area contributed by atoms with E-state index in [4.69, 9.17) is 4.74 Å². The van der Waals surface area contributed by atoms with Crippen LogP contribution in [-0.4, -0.2) is 49.3 Å². The summed E-state index contributed by atoms with van der Waals surface area (Å²) >= 11 is 3.58. The van der Waals surface area contributed by atoms with Crippen LogP contribution in [0.3, 0.4) is 0 Å². The molecule has 0 radical (unpaired) electrons. The molecule has 1 aliphatic heterocycles. The molecule has 0 unspecified atom stereocenters. The highest BCUT2D eigenvalue weighted by molar-refractivity contribution is 9.10. The van der Waals surface area contributed by atoms with Gasteiger partial charge in [0, 0.05) is 47.0 Å². The summed E-state index contributed by atoms with van der Waals surface area (Å²) < 4.78 is 6.57. The van der Waals surface area contributed by atoms with Crippen LogP contribution in [0.1, 0.15) is 12.8 Å². The molecule has 4 nitrogen and oxygen atoms in total. The molecular formula is C17H22BrN3O. The van der Waals surface area contributed by atoms with E-state index in [1.54, 1.807) is 0 Å². The Morgan fingerprint density at radius 2 is 2.05 bits per heavy atom. The van der Waals surface area contributed by atoms with Crippen LogP contribution in [0, 0.1) is 0 Å². The van der Waals surface area contributed by atoms with E-state index in [0.29, 0.717) is 0 Å². The van der Waals surface area contributed by atoms with Crippen molar-refractivity contribution in [2.75, 3.05) is 39.2 Å². The van der Waals surface area contributed by atoms with Gasteiger partial charge in [-0.15, -0.1) is 0 Å². The van der Waals surface area contributed by atoms with Gasteiger partial charge in [0.1, 0.15) is 0 Å². The molecule has 0 aliphatic carbocycles. The average Bonchev–Trinajstić information content (AvgIpc) is 2.54. The third-order valence-corrected chi connectivity index (χ3v) is 5.34. The molecule has 2 heterocycles. The SMILES string of the molecule is CN(C)C1(CNc2ccnc3c(Br)cccc23)CCOCC1. The number of likely N-dealkylation sites (N-methyl/N-ethyl adjacent to an activating group) is 1. The molecule has 3 rings (SSSR count). The first-order valence-corrected chi connectivity index (χ1v) is 8.44. The standard InChI is InChI=1S/C17H22BrN3O/c1-21(2)17(7-10-22-11-8-17)12-20-15-6-9-19-16-13(15)4-3-5-14(16)18/h3-6,9H,7-8,10-12H2,1-2H3,(H,19,20). The van der Waals surface area contributed by atoms with Gasteiger partial charge >= 0.3 is 0 Å². The second kappa shape index (κ2) is 6.52. The Balaban J connectivity index is 1.85. The first-order valence-electron chi connectivity index (χ1n) is 7.65. The number of ether oxygens (including phenoxy) is 1. The fourth-order valence-electron chi connectivity index (χ4n) is 3.09. The van der Waals surface area contributed by atoms with Gasteiger partial charge < -0.3 is 15.0 Å². The number of nitrogens with one attached hydrogen (secondary N) is 1. The number of benzene rings is 1. The monoisotopic (exact) mass is 363 g/mol. The van der Waals surface area contributed by atoms with Gasteiger partial charge in [0.15, 0.2) is 0 Å². The molecular weight excluding hydrogens is 342 g/mol. The number of hydrogen-bond acceptors (Lipinski definition) is 4. The predicted octanol–water partition coefficient (Wildman–Crippen LogP) is 3.52. The van der Waals surface area contributed by atoms with Crippen LogP contribution in [0.15, 0.2) is 34.9 Å². The van der Waals surface area contributed by atoms with E-state index in [0.717, 1.165) is 53.7 Å². The molecule has 1 aromatic heterocycles. The fraction of sp³-hybridized carbons (Fsp3) is 0.471. The summed E-state index contributed by atoms with van der Waals surface area (Å²) in [4.78, 5) is 6.81. The van der Waals surface area contributed by atoms with E-state index in [-0.39, 0.29) is 5.54 Å². The highest BCUT2D eigenvalue weighted by Crippen LogP contribution is 2.30. The Morgan fingerprint density at radius 3 is 2.77 bits per heavy atom. The average molecular weight is 364 g/mol. The van der Waals surface area contributed by atoms with Gasteiger partial charge in [0.05, 0.1) is 5.52 Å². The summed E-state index contributed by atoms with van der Waals surface area (Å²) in [6.07, 6.45) is 3.97. The number of hydrogen-bond donors (Lipinski definition) is 1. The molecule has 1 N–H and O–H groups in total. The lowest BCUT2D eigenvalue weighted by Crippen LogP contribution is -2.53. The van der Waals surface area contributed by atoms with Crippen molar-refractivity contribution in [2.24, 2.45) is 0 Å². The third kappa shape index (κ3) is 2.98. The number of rotatable bonds is 4. The lowest BCUT2D eigenvalue weighted by Gasteiger charge is -2.43. The molecule has 5 heteroatoms. The Bertz CT molecular complexity index is 653. The summed E-state index contributed by atoms with van der Waals surface area (Å²) in [7, 11) is 4.32. The van der Waals surface area contributed by atoms with Crippen molar-refractivity contribution >= 4 is 32.5 Å². The number of pyridine rings is 1. The van der Waals surface area contributed by atoms with Crippen LogP contribution in [0.25, 0.3) is 10.9 Å². The molecule has 2 aromatic rings. The van der Waals surface area contributed by atoms with Crippen molar-refractivity contribution in [3.8, 4) is 0 Å². The summed E-state index contributed by atoms with van der Waals surface area (Å²) in [5, 5.41) is 4.80. The maximum atomic E-state index is 5.54. The summed E-state index contributed by atoms with van der Waals surface area (Å²) in [5.41, 5.74) is 2.29. The maximum Gasteiger partial charge on any atom is 0.0864 e. The lowest BCUT2D eigenvalue weighted by atomic mass is 9.88. The van der Waals surface area contributed by atoms with Crippen LogP contribution in [-0.2, 0) is 4.74 Å². The Hall–Kier alpha value is -1.17. The van der Waals surface area contributed by atoms with Crippen LogP contribution in [0.5, 0.6) is 0 Å². The van der Waals surface area contributed by atoms with Gasteiger partial charge in [0.25, 0.3) is 0 Å². The zero-order valence-electron chi connectivity index (χ0n) is 13.1. The summed E-state index contributed by atoms with van der Waals surface area (Å²) in [6.45, 7) is 2.58. The summed E-state index contributed by atoms with van der Waals surface area (Å²) in [5.74, 6) is 0. The van der Waals surface area contributed by atoms with Crippen molar-refractivity contribution in [1.82, 2.24) is 9.88 Å². The number of anilines is 1. The fourth-order valence-corrected chi connectivity index (χ4v) is 3.56. The number of nitrogens with zero attached hydrogens (tertiary/aromatic N) is 2. The minimum absolute atomic E-state index is 0.153. The molecule has 22 heavy (non-hydrogen) atoms. The number of fused-ring (bicyclic) bond motifs is 1. The Morgan fingerprint density at radius 1 is 1.27 bits per heavy atom.